The first-order valence-corrected chi connectivity index (χ1v) is 9.86. The summed E-state index contributed by atoms with van der Waals surface area (Å²) >= 11 is 0. The second-order valence-corrected chi connectivity index (χ2v) is 8.20. The quantitative estimate of drug-likeness (QED) is 0.615. The molecule has 1 unspecified atom stereocenters. The molecule has 2 N–H and O–H groups in total. The molecule has 3 rings (SSSR count). The van der Waals surface area contributed by atoms with Gasteiger partial charge in [0.1, 0.15) is 0 Å². The Morgan fingerprint density at radius 1 is 1.33 bits per heavy atom. The zero-order valence-electron chi connectivity index (χ0n) is 15.4. The fourth-order valence-electron chi connectivity index (χ4n) is 4.84. The van der Waals surface area contributed by atoms with E-state index in [9.17, 15) is 4.79 Å². The van der Waals surface area contributed by atoms with Gasteiger partial charge >= 0.3 is 0 Å². The normalized spacial score (nSPS) is 34.5. The van der Waals surface area contributed by atoms with Crippen LogP contribution in [0.4, 0.5) is 0 Å². The van der Waals surface area contributed by atoms with Crippen molar-refractivity contribution in [2.75, 3.05) is 33.2 Å². The molecule has 3 fully saturated rings. The van der Waals surface area contributed by atoms with E-state index in [1.165, 1.54) is 32.1 Å². The van der Waals surface area contributed by atoms with Crippen LogP contribution in [0.3, 0.4) is 0 Å². The lowest BCUT2D eigenvalue weighted by Crippen LogP contribution is -2.52. The van der Waals surface area contributed by atoms with Crippen LogP contribution in [0.1, 0.15) is 58.3 Å². The highest BCUT2D eigenvalue weighted by molar-refractivity contribution is 5.81. The molecule has 0 aromatic rings. The number of piperidine rings is 1. The predicted octanol–water partition coefficient (Wildman–Crippen LogP) is 2.38. The molecule has 0 radical (unpaired) electrons. The van der Waals surface area contributed by atoms with E-state index in [-0.39, 0.29) is 11.3 Å². The Morgan fingerprint density at radius 2 is 2.08 bits per heavy atom. The number of guanidine groups is 1. The van der Waals surface area contributed by atoms with E-state index in [0.29, 0.717) is 6.42 Å². The lowest BCUT2D eigenvalue weighted by atomic mass is 9.79. The zero-order chi connectivity index (χ0) is 17.0. The van der Waals surface area contributed by atoms with Crippen LogP contribution in [0.25, 0.3) is 0 Å². The Labute approximate surface area is 146 Å². The Balaban J connectivity index is 1.50. The van der Waals surface area contributed by atoms with E-state index in [0.717, 1.165) is 56.8 Å². The summed E-state index contributed by atoms with van der Waals surface area (Å²) < 4.78 is 0. The van der Waals surface area contributed by atoms with Crippen molar-refractivity contribution in [2.24, 2.45) is 22.2 Å². The van der Waals surface area contributed by atoms with Crippen LogP contribution in [-0.4, -0.2) is 50.0 Å². The van der Waals surface area contributed by atoms with Crippen molar-refractivity contribution < 1.29 is 4.79 Å². The first-order valence-electron chi connectivity index (χ1n) is 9.86. The lowest BCUT2D eigenvalue weighted by molar-refractivity contribution is -0.119. The number of amides is 1. The number of rotatable bonds is 3. The van der Waals surface area contributed by atoms with Crippen LogP contribution in [0, 0.1) is 17.3 Å². The van der Waals surface area contributed by atoms with Crippen molar-refractivity contribution in [3.63, 3.8) is 0 Å². The van der Waals surface area contributed by atoms with Gasteiger partial charge in [-0.05, 0) is 37.5 Å². The smallest absolute Gasteiger partial charge is 0.220 e. The van der Waals surface area contributed by atoms with E-state index in [1.54, 1.807) is 0 Å². The highest BCUT2D eigenvalue weighted by Gasteiger charge is 2.42. The van der Waals surface area contributed by atoms with Crippen molar-refractivity contribution >= 4 is 11.9 Å². The second kappa shape index (κ2) is 7.75. The second-order valence-electron chi connectivity index (χ2n) is 8.20. The van der Waals surface area contributed by atoms with Crippen LogP contribution in [0.5, 0.6) is 0 Å². The number of nitrogens with zero attached hydrogens (tertiary/aromatic N) is 2. The molecule has 1 atom stereocenters. The van der Waals surface area contributed by atoms with Crippen LogP contribution < -0.4 is 10.6 Å². The molecule has 1 saturated carbocycles. The van der Waals surface area contributed by atoms with Crippen LogP contribution in [0.15, 0.2) is 4.99 Å². The van der Waals surface area contributed by atoms with Gasteiger partial charge in [-0.3, -0.25) is 9.79 Å². The highest BCUT2D eigenvalue weighted by atomic mass is 16.1. The standard InChI is InChI=1S/C19H34N4O/c1-3-15-5-7-16(8-6-15)12-21-18(20-2)23-10-4-9-19(14-23)11-17(24)22-13-19/h15-16H,3-14H2,1-2H3,(H,20,21)(H,22,24). The van der Waals surface area contributed by atoms with Crippen molar-refractivity contribution in [3.8, 4) is 0 Å². The van der Waals surface area contributed by atoms with E-state index < -0.39 is 0 Å². The van der Waals surface area contributed by atoms with Gasteiger partial charge in [0.25, 0.3) is 0 Å². The molecule has 2 aliphatic heterocycles. The minimum absolute atomic E-state index is 0.131. The van der Waals surface area contributed by atoms with Gasteiger partial charge in [-0.1, -0.05) is 26.2 Å². The molecular weight excluding hydrogens is 300 g/mol. The third-order valence-electron chi connectivity index (χ3n) is 6.46. The molecule has 0 aromatic heterocycles. The zero-order valence-corrected chi connectivity index (χ0v) is 15.4. The van der Waals surface area contributed by atoms with Crippen LogP contribution in [0.2, 0.25) is 0 Å². The Morgan fingerprint density at radius 3 is 2.71 bits per heavy atom. The van der Waals surface area contributed by atoms with E-state index in [2.05, 4.69) is 27.4 Å². The minimum atomic E-state index is 0.131. The number of aliphatic imine (C=N–C) groups is 1. The topological polar surface area (TPSA) is 56.7 Å². The number of hydrogen-bond acceptors (Lipinski definition) is 2. The molecule has 2 saturated heterocycles. The Kier molecular flexibility index (Phi) is 5.67. The third-order valence-corrected chi connectivity index (χ3v) is 6.46. The van der Waals surface area contributed by atoms with Gasteiger partial charge in [-0.25, -0.2) is 0 Å². The van der Waals surface area contributed by atoms with Crippen LogP contribution in [-0.2, 0) is 4.79 Å². The average molecular weight is 335 g/mol. The van der Waals surface area contributed by atoms with Gasteiger partial charge in [0.15, 0.2) is 5.96 Å². The molecular formula is C19H34N4O. The number of likely N-dealkylation sites (tertiary alicyclic amines) is 1. The third kappa shape index (κ3) is 4.04. The number of nitrogens with one attached hydrogen (secondary N) is 2. The van der Waals surface area contributed by atoms with Crippen molar-refractivity contribution in [1.29, 1.82) is 0 Å². The van der Waals surface area contributed by atoms with E-state index >= 15 is 0 Å². The molecule has 24 heavy (non-hydrogen) atoms. The molecule has 136 valence electrons. The summed E-state index contributed by atoms with van der Waals surface area (Å²) in [5, 5.41) is 6.65. The van der Waals surface area contributed by atoms with Gasteiger partial charge in [0.05, 0.1) is 0 Å². The molecule has 1 aliphatic carbocycles. The first kappa shape index (κ1) is 17.6. The molecule has 3 aliphatic rings. The summed E-state index contributed by atoms with van der Waals surface area (Å²) in [6.07, 6.45) is 9.81. The molecule has 0 aromatic carbocycles. The lowest BCUT2D eigenvalue weighted by Gasteiger charge is -2.41. The summed E-state index contributed by atoms with van der Waals surface area (Å²) in [5.74, 6) is 2.99. The minimum Gasteiger partial charge on any atom is -0.356 e. The highest BCUT2D eigenvalue weighted by Crippen LogP contribution is 2.36. The maximum Gasteiger partial charge on any atom is 0.220 e. The van der Waals surface area contributed by atoms with Gasteiger partial charge in [0.2, 0.25) is 5.91 Å². The largest absolute Gasteiger partial charge is 0.356 e. The molecule has 5 heteroatoms. The number of carbonyl (C=O) groups is 1. The van der Waals surface area contributed by atoms with Gasteiger partial charge in [0, 0.05) is 45.1 Å². The number of carbonyl (C=O) groups excluding carboxylic acids is 1. The maximum atomic E-state index is 11.7. The maximum absolute atomic E-state index is 11.7. The predicted molar refractivity (Wildman–Crippen MR) is 98.0 cm³/mol. The average Bonchev–Trinajstić information content (AvgIpc) is 2.96. The van der Waals surface area contributed by atoms with E-state index in [1.807, 2.05) is 7.05 Å². The fraction of sp³-hybridized carbons (Fsp3) is 0.895. The summed E-state index contributed by atoms with van der Waals surface area (Å²) in [6, 6.07) is 0. The van der Waals surface area contributed by atoms with Crippen molar-refractivity contribution in [2.45, 2.75) is 58.3 Å². The molecule has 1 amide bonds. The molecule has 5 nitrogen and oxygen atoms in total. The Bertz CT molecular complexity index is 470. The SMILES string of the molecule is CCC1CCC(CNC(=NC)N2CCCC3(CNC(=O)C3)C2)CC1. The summed E-state index contributed by atoms with van der Waals surface area (Å²) in [4.78, 5) is 18.6. The molecule has 2 heterocycles. The van der Waals surface area contributed by atoms with Gasteiger partial charge in [-0.15, -0.1) is 0 Å². The molecule has 1 spiro atoms. The van der Waals surface area contributed by atoms with Gasteiger partial charge in [-0.2, -0.15) is 0 Å². The summed E-state index contributed by atoms with van der Waals surface area (Å²) in [5.41, 5.74) is 0.131. The first-order chi connectivity index (χ1) is 11.6. The summed E-state index contributed by atoms with van der Waals surface area (Å²) in [7, 11) is 1.88. The summed E-state index contributed by atoms with van der Waals surface area (Å²) in [6.45, 7) is 6.20. The van der Waals surface area contributed by atoms with Gasteiger partial charge < -0.3 is 15.5 Å². The molecule has 0 bridgehead atoms. The number of hydrogen-bond donors (Lipinski definition) is 2. The van der Waals surface area contributed by atoms with Crippen LogP contribution >= 0.6 is 0 Å². The Hall–Kier alpha value is -1.26. The fourth-order valence-corrected chi connectivity index (χ4v) is 4.84. The van der Waals surface area contributed by atoms with E-state index in [4.69, 9.17) is 0 Å². The van der Waals surface area contributed by atoms with Crippen molar-refractivity contribution in [1.82, 2.24) is 15.5 Å². The monoisotopic (exact) mass is 334 g/mol. The van der Waals surface area contributed by atoms with Crippen molar-refractivity contribution in [3.05, 3.63) is 0 Å².